The quantitative estimate of drug-likeness (QED) is 0.686. The summed E-state index contributed by atoms with van der Waals surface area (Å²) >= 11 is 1.48. The van der Waals surface area contributed by atoms with E-state index in [-0.39, 0.29) is 11.3 Å². The summed E-state index contributed by atoms with van der Waals surface area (Å²) in [5, 5.41) is 14.4. The van der Waals surface area contributed by atoms with Crippen LogP contribution in [0.15, 0.2) is 30.5 Å². The van der Waals surface area contributed by atoms with Gasteiger partial charge < -0.3 is 5.32 Å². The molecule has 6 nitrogen and oxygen atoms in total. The highest BCUT2D eigenvalue weighted by molar-refractivity contribution is 7.11. The van der Waals surface area contributed by atoms with Crippen molar-refractivity contribution < 1.29 is 9.72 Å². The number of hydrogen-bond donors (Lipinski definition) is 1. The van der Waals surface area contributed by atoms with E-state index in [0.717, 1.165) is 9.88 Å². The number of nitrogens with zero attached hydrogens (tertiary/aromatic N) is 2. The van der Waals surface area contributed by atoms with Crippen LogP contribution in [0.4, 0.5) is 5.69 Å². The molecule has 98 valence electrons. The number of hydrogen-bond acceptors (Lipinski definition) is 5. The number of carbonyl (C=O) groups is 1. The van der Waals surface area contributed by atoms with Crippen molar-refractivity contribution in [3.05, 3.63) is 56.0 Å². The van der Waals surface area contributed by atoms with Gasteiger partial charge in [-0.3, -0.25) is 14.9 Å². The Morgan fingerprint density at radius 3 is 2.84 bits per heavy atom. The molecule has 0 atom stereocenters. The first-order valence-electron chi connectivity index (χ1n) is 5.51. The van der Waals surface area contributed by atoms with Gasteiger partial charge in [-0.1, -0.05) is 12.1 Å². The molecule has 0 spiro atoms. The van der Waals surface area contributed by atoms with Crippen LogP contribution in [-0.4, -0.2) is 15.8 Å². The SMILES string of the molecule is Cc1ncc(CNC(=O)c2ccccc2[N+](=O)[O-])s1. The number of nitrogens with one attached hydrogen (secondary N) is 1. The first kappa shape index (κ1) is 13.2. The summed E-state index contributed by atoms with van der Waals surface area (Å²) in [4.78, 5) is 27.2. The largest absolute Gasteiger partial charge is 0.347 e. The highest BCUT2D eigenvalue weighted by atomic mass is 32.1. The van der Waals surface area contributed by atoms with Crippen LogP contribution in [0.2, 0.25) is 0 Å². The zero-order chi connectivity index (χ0) is 13.8. The summed E-state index contributed by atoms with van der Waals surface area (Å²) in [6.07, 6.45) is 1.68. The number of aromatic nitrogens is 1. The summed E-state index contributed by atoms with van der Waals surface area (Å²) in [6.45, 7) is 2.19. The Bertz CT molecular complexity index is 624. The number of thiazole rings is 1. The predicted molar refractivity (Wildman–Crippen MR) is 71.1 cm³/mol. The summed E-state index contributed by atoms with van der Waals surface area (Å²) < 4.78 is 0. The molecule has 0 aliphatic heterocycles. The van der Waals surface area contributed by atoms with Crippen LogP contribution in [0.5, 0.6) is 0 Å². The minimum absolute atomic E-state index is 0.0636. The number of carbonyl (C=O) groups excluding carboxylic acids is 1. The van der Waals surface area contributed by atoms with Gasteiger partial charge in [0, 0.05) is 17.1 Å². The molecule has 1 aromatic carbocycles. The average molecular weight is 277 g/mol. The van der Waals surface area contributed by atoms with Gasteiger partial charge in [-0.05, 0) is 13.0 Å². The second-order valence-corrected chi connectivity index (χ2v) is 5.12. The van der Waals surface area contributed by atoms with Gasteiger partial charge in [-0.15, -0.1) is 11.3 Å². The first-order valence-corrected chi connectivity index (χ1v) is 6.32. The monoisotopic (exact) mass is 277 g/mol. The highest BCUT2D eigenvalue weighted by Gasteiger charge is 2.18. The zero-order valence-electron chi connectivity index (χ0n) is 10.1. The fraction of sp³-hybridized carbons (Fsp3) is 0.167. The van der Waals surface area contributed by atoms with Crippen molar-refractivity contribution >= 4 is 22.9 Å². The lowest BCUT2D eigenvalue weighted by atomic mass is 10.1. The minimum Gasteiger partial charge on any atom is -0.347 e. The van der Waals surface area contributed by atoms with Crippen molar-refractivity contribution in [2.45, 2.75) is 13.5 Å². The topological polar surface area (TPSA) is 85.1 Å². The lowest BCUT2D eigenvalue weighted by molar-refractivity contribution is -0.385. The number of benzene rings is 1. The molecule has 1 aromatic heterocycles. The molecule has 0 saturated heterocycles. The standard InChI is InChI=1S/C12H11N3O3S/c1-8-13-6-9(19-8)7-14-12(16)10-4-2-3-5-11(10)15(17)18/h2-6H,7H2,1H3,(H,14,16). The summed E-state index contributed by atoms with van der Waals surface area (Å²) in [5.74, 6) is -0.460. The van der Waals surface area contributed by atoms with E-state index in [4.69, 9.17) is 0 Å². The third kappa shape index (κ3) is 3.14. The van der Waals surface area contributed by atoms with Gasteiger partial charge in [-0.25, -0.2) is 4.98 Å². The van der Waals surface area contributed by atoms with E-state index in [1.54, 1.807) is 12.3 Å². The van der Waals surface area contributed by atoms with Crippen LogP contribution in [-0.2, 0) is 6.54 Å². The molecule has 1 N–H and O–H groups in total. The minimum atomic E-state index is -0.564. The second kappa shape index (κ2) is 5.57. The molecule has 19 heavy (non-hydrogen) atoms. The Kier molecular flexibility index (Phi) is 3.86. The molecule has 2 aromatic rings. The Hall–Kier alpha value is -2.28. The Balaban J connectivity index is 2.10. The lowest BCUT2D eigenvalue weighted by Gasteiger charge is -2.03. The van der Waals surface area contributed by atoms with Gasteiger partial charge in [0.05, 0.1) is 16.5 Å². The van der Waals surface area contributed by atoms with E-state index < -0.39 is 10.8 Å². The first-order chi connectivity index (χ1) is 9.08. The molecule has 0 aliphatic carbocycles. The van der Waals surface area contributed by atoms with Gasteiger partial charge >= 0.3 is 0 Å². The maximum atomic E-state index is 11.9. The van der Waals surface area contributed by atoms with Crippen molar-refractivity contribution in [3.63, 3.8) is 0 Å². The van der Waals surface area contributed by atoms with E-state index in [0.29, 0.717) is 6.54 Å². The smallest absolute Gasteiger partial charge is 0.282 e. The summed E-state index contributed by atoms with van der Waals surface area (Å²) in [5.41, 5.74) is -0.130. The van der Waals surface area contributed by atoms with Crippen molar-refractivity contribution in [1.29, 1.82) is 0 Å². The van der Waals surface area contributed by atoms with Gasteiger partial charge in [0.15, 0.2) is 0 Å². The molecule has 0 fully saturated rings. The van der Waals surface area contributed by atoms with Crippen LogP contribution < -0.4 is 5.32 Å². The van der Waals surface area contributed by atoms with Crippen molar-refractivity contribution in [2.24, 2.45) is 0 Å². The lowest BCUT2D eigenvalue weighted by Crippen LogP contribution is -2.23. The van der Waals surface area contributed by atoms with Gasteiger partial charge in [0.1, 0.15) is 5.56 Å². The van der Waals surface area contributed by atoms with E-state index >= 15 is 0 Å². The van der Waals surface area contributed by atoms with E-state index in [1.165, 1.54) is 29.5 Å². The van der Waals surface area contributed by atoms with E-state index in [2.05, 4.69) is 10.3 Å². The molecule has 0 saturated carbocycles. The Labute approximate surface area is 113 Å². The highest BCUT2D eigenvalue weighted by Crippen LogP contribution is 2.18. The molecule has 0 aliphatic rings. The molecule has 2 rings (SSSR count). The Morgan fingerprint density at radius 1 is 1.47 bits per heavy atom. The van der Waals surface area contributed by atoms with E-state index in [1.807, 2.05) is 6.92 Å². The molecular weight excluding hydrogens is 266 g/mol. The van der Waals surface area contributed by atoms with Crippen LogP contribution in [0.3, 0.4) is 0 Å². The maximum Gasteiger partial charge on any atom is 0.282 e. The van der Waals surface area contributed by atoms with Gasteiger partial charge in [0.25, 0.3) is 11.6 Å². The molecule has 1 heterocycles. The molecule has 0 radical (unpaired) electrons. The van der Waals surface area contributed by atoms with Crippen LogP contribution in [0.25, 0.3) is 0 Å². The fourth-order valence-corrected chi connectivity index (χ4v) is 2.31. The summed E-state index contributed by atoms with van der Waals surface area (Å²) in [7, 11) is 0. The van der Waals surface area contributed by atoms with Crippen molar-refractivity contribution in [2.75, 3.05) is 0 Å². The third-order valence-electron chi connectivity index (χ3n) is 2.44. The Morgan fingerprint density at radius 2 is 2.21 bits per heavy atom. The summed E-state index contributed by atoms with van der Waals surface area (Å²) in [6, 6.07) is 5.87. The second-order valence-electron chi connectivity index (χ2n) is 3.80. The normalized spacial score (nSPS) is 10.2. The molecular formula is C12H11N3O3S. The number of nitro groups is 1. The number of para-hydroxylation sites is 1. The number of nitro benzene ring substituents is 1. The molecule has 1 amide bonds. The zero-order valence-corrected chi connectivity index (χ0v) is 10.9. The van der Waals surface area contributed by atoms with Crippen molar-refractivity contribution in [1.82, 2.24) is 10.3 Å². The number of aryl methyl sites for hydroxylation is 1. The van der Waals surface area contributed by atoms with Crippen LogP contribution in [0.1, 0.15) is 20.2 Å². The van der Waals surface area contributed by atoms with Crippen LogP contribution in [0, 0.1) is 17.0 Å². The molecule has 7 heteroatoms. The van der Waals surface area contributed by atoms with Crippen molar-refractivity contribution in [3.8, 4) is 0 Å². The average Bonchev–Trinajstić information content (AvgIpc) is 2.81. The van der Waals surface area contributed by atoms with Gasteiger partial charge in [-0.2, -0.15) is 0 Å². The third-order valence-corrected chi connectivity index (χ3v) is 3.35. The molecule has 0 bridgehead atoms. The molecule has 0 unspecified atom stereocenters. The fourth-order valence-electron chi connectivity index (χ4n) is 1.57. The number of amides is 1. The maximum absolute atomic E-state index is 11.9. The van der Waals surface area contributed by atoms with E-state index in [9.17, 15) is 14.9 Å². The number of rotatable bonds is 4. The van der Waals surface area contributed by atoms with Gasteiger partial charge in [0.2, 0.25) is 0 Å². The predicted octanol–water partition coefficient (Wildman–Crippen LogP) is 2.29. The van der Waals surface area contributed by atoms with Crippen LogP contribution >= 0.6 is 11.3 Å².